The van der Waals surface area contributed by atoms with Crippen molar-refractivity contribution in [2.45, 2.75) is 43.5 Å². The number of hydrogen-bond donors (Lipinski definition) is 1. The van der Waals surface area contributed by atoms with Crippen molar-refractivity contribution in [1.29, 1.82) is 0 Å². The molecule has 154 valence electrons. The van der Waals surface area contributed by atoms with E-state index in [9.17, 15) is 13.2 Å². The molecule has 1 saturated heterocycles. The van der Waals surface area contributed by atoms with Crippen LogP contribution in [0.5, 0.6) is 0 Å². The van der Waals surface area contributed by atoms with E-state index in [-0.39, 0.29) is 23.8 Å². The molecule has 7 heteroatoms. The Hall–Kier alpha value is -2.25. The Labute approximate surface area is 172 Å². The van der Waals surface area contributed by atoms with Gasteiger partial charge in [-0.1, -0.05) is 37.5 Å². The van der Waals surface area contributed by atoms with Crippen molar-refractivity contribution in [1.82, 2.24) is 14.6 Å². The van der Waals surface area contributed by atoms with Gasteiger partial charge < -0.3 is 5.32 Å². The average molecular weight is 414 g/mol. The molecular formula is C22H27N3O3S. The first-order valence-electron chi connectivity index (χ1n) is 10.2. The topological polar surface area (TPSA) is 79.4 Å². The van der Waals surface area contributed by atoms with E-state index in [1.165, 1.54) is 4.31 Å². The minimum atomic E-state index is -3.60. The molecule has 6 nitrogen and oxygen atoms in total. The van der Waals surface area contributed by atoms with Crippen LogP contribution in [0.15, 0.2) is 59.8 Å². The van der Waals surface area contributed by atoms with Crippen molar-refractivity contribution in [2.24, 2.45) is 11.3 Å². The molecular weight excluding hydrogens is 386 g/mol. The van der Waals surface area contributed by atoms with E-state index in [1.54, 1.807) is 42.7 Å². The van der Waals surface area contributed by atoms with Crippen LogP contribution in [0.25, 0.3) is 0 Å². The third kappa shape index (κ3) is 4.07. The zero-order valence-electron chi connectivity index (χ0n) is 16.5. The van der Waals surface area contributed by atoms with Gasteiger partial charge in [-0.05, 0) is 48.1 Å². The predicted molar refractivity (Wildman–Crippen MR) is 110 cm³/mol. The van der Waals surface area contributed by atoms with Crippen molar-refractivity contribution in [3.63, 3.8) is 0 Å². The number of pyridine rings is 1. The number of sulfonamides is 1. The first kappa shape index (κ1) is 20.0. The third-order valence-electron chi connectivity index (χ3n) is 6.38. The molecule has 1 spiro atoms. The monoisotopic (exact) mass is 413 g/mol. The number of carbonyl (C=O) groups excluding carboxylic acids is 1. The van der Waals surface area contributed by atoms with Gasteiger partial charge >= 0.3 is 0 Å². The smallest absolute Gasteiger partial charge is 0.243 e. The summed E-state index contributed by atoms with van der Waals surface area (Å²) in [7, 11) is -3.60. The highest BCUT2D eigenvalue weighted by atomic mass is 32.2. The zero-order valence-corrected chi connectivity index (χ0v) is 17.3. The summed E-state index contributed by atoms with van der Waals surface area (Å²) in [5, 5.41) is 3.04. The second-order valence-corrected chi connectivity index (χ2v) is 10.1. The molecule has 2 aromatic rings. The Morgan fingerprint density at radius 1 is 1.07 bits per heavy atom. The van der Waals surface area contributed by atoms with E-state index in [4.69, 9.17) is 0 Å². The van der Waals surface area contributed by atoms with E-state index < -0.39 is 10.0 Å². The van der Waals surface area contributed by atoms with E-state index in [0.29, 0.717) is 18.0 Å². The van der Waals surface area contributed by atoms with Gasteiger partial charge in [0, 0.05) is 32.0 Å². The van der Waals surface area contributed by atoms with Gasteiger partial charge in [0.05, 0.1) is 10.8 Å². The van der Waals surface area contributed by atoms with Gasteiger partial charge in [0.15, 0.2) is 0 Å². The molecule has 1 atom stereocenters. The van der Waals surface area contributed by atoms with E-state index in [1.807, 2.05) is 12.1 Å². The van der Waals surface area contributed by atoms with Gasteiger partial charge in [-0.15, -0.1) is 0 Å². The summed E-state index contributed by atoms with van der Waals surface area (Å²) < 4.78 is 27.9. The summed E-state index contributed by atoms with van der Waals surface area (Å²) in [4.78, 5) is 17.4. The Morgan fingerprint density at radius 2 is 1.76 bits per heavy atom. The van der Waals surface area contributed by atoms with Crippen LogP contribution in [-0.2, 0) is 21.4 Å². The minimum Gasteiger partial charge on any atom is -0.352 e. The number of aromatic nitrogens is 1. The molecule has 4 rings (SSSR count). The standard InChI is InChI=1S/C22H27N3O3S/c26-21(24-15-18-9-13-23-14-10-18)20-16-25(17-22(20)11-5-2-6-12-22)29(27,28)19-7-3-1-4-8-19/h1,3-4,7-10,13-14,20H,2,5-6,11-12,15-17H2,(H,24,26). The van der Waals surface area contributed by atoms with Crippen molar-refractivity contribution < 1.29 is 13.2 Å². The van der Waals surface area contributed by atoms with E-state index in [2.05, 4.69) is 10.3 Å². The van der Waals surface area contributed by atoms with Gasteiger partial charge in [0.25, 0.3) is 0 Å². The summed E-state index contributed by atoms with van der Waals surface area (Å²) in [5.74, 6) is -0.363. The lowest BCUT2D eigenvalue weighted by molar-refractivity contribution is -0.128. The number of carbonyl (C=O) groups is 1. The third-order valence-corrected chi connectivity index (χ3v) is 8.21. The molecule has 29 heavy (non-hydrogen) atoms. The first-order chi connectivity index (χ1) is 14.0. The molecule has 1 aromatic heterocycles. The fourth-order valence-electron chi connectivity index (χ4n) is 4.78. The highest BCUT2D eigenvalue weighted by Crippen LogP contribution is 2.48. The molecule has 1 aromatic carbocycles. The largest absolute Gasteiger partial charge is 0.352 e. The molecule has 1 N–H and O–H groups in total. The molecule has 0 radical (unpaired) electrons. The van der Waals surface area contributed by atoms with Crippen molar-refractivity contribution >= 4 is 15.9 Å². The fraction of sp³-hybridized carbons (Fsp3) is 0.455. The maximum atomic E-state index is 13.2. The lowest BCUT2D eigenvalue weighted by atomic mass is 9.67. The van der Waals surface area contributed by atoms with Crippen molar-refractivity contribution in [2.75, 3.05) is 13.1 Å². The van der Waals surface area contributed by atoms with E-state index >= 15 is 0 Å². The van der Waals surface area contributed by atoms with Crippen LogP contribution < -0.4 is 5.32 Å². The normalized spacial score (nSPS) is 21.9. The number of rotatable bonds is 5. The average Bonchev–Trinajstić information content (AvgIpc) is 3.13. The Bertz CT molecular complexity index is 942. The van der Waals surface area contributed by atoms with Gasteiger partial charge in [-0.3, -0.25) is 9.78 Å². The Morgan fingerprint density at radius 3 is 2.45 bits per heavy atom. The summed E-state index contributed by atoms with van der Waals surface area (Å²) in [6, 6.07) is 12.3. The van der Waals surface area contributed by atoms with Crippen LogP contribution in [0.4, 0.5) is 0 Å². The molecule has 2 aliphatic rings. The molecule has 2 fully saturated rings. The van der Waals surface area contributed by atoms with Crippen LogP contribution in [0.3, 0.4) is 0 Å². The second-order valence-electron chi connectivity index (χ2n) is 8.16. The van der Waals surface area contributed by atoms with Crippen LogP contribution in [0, 0.1) is 11.3 Å². The quantitative estimate of drug-likeness (QED) is 0.817. The minimum absolute atomic E-state index is 0.0468. The molecule has 1 aliphatic heterocycles. The van der Waals surface area contributed by atoms with Gasteiger partial charge in [0.2, 0.25) is 15.9 Å². The number of amides is 1. The van der Waals surface area contributed by atoms with E-state index in [0.717, 1.165) is 37.7 Å². The first-order valence-corrected chi connectivity index (χ1v) is 11.7. The number of benzene rings is 1. The van der Waals surface area contributed by atoms with Crippen LogP contribution >= 0.6 is 0 Å². The zero-order chi connectivity index (χ0) is 20.3. The van der Waals surface area contributed by atoms with Crippen molar-refractivity contribution in [3.8, 4) is 0 Å². The summed E-state index contributed by atoms with van der Waals surface area (Å²) >= 11 is 0. The predicted octanol–water partition coefficient (Wildman–Crippen LogP) is 2.97. The number of nitrogens with zero attached hydrogens (tertiary/aromatic N) is 2. The highest BCUT2D eigenvalue weighted by Gasteiger charge is 2.53. The van der Waals surface area contributed by atoms with Crippen LogP contribution in [0.2, 0.25) is 0 Å². The van der Waals surface area contributed by atoms with Gasteiger partial charge in [-0.2, -0.15) is 4.31 Å². The molecule has 2 heterocycles. The van der Waals surface area contributed by atoms with Gasteiger partial charge in [-0.25, -0.2) is 8.42 Å². The second kappa shape index (κ2) is 8.24. The molecule has 1 amide bonds. The number of hydrogen-bond acceptors (Lipinski definition) is 4. The summed E-state index contributed by atoms with van der Waals surface area (Å²) in [6.45, 7) is 1.11. The lowest BCUT2D eigenvalue weighted by Gasteiger charge is -2.37. The Kier molecular flexibility index (Phi) is 5.69. The fourth-order valence-corrected chi connectivity index (χ4v) is 6.36. The highest BCUT2D eigenvalue weighted by molar-refractivity contribution is 7.89. The van der Waals surface area contributed by atoms with Crippen LogP contribution in [0.1, 0.15) is 37.7 Å². The SMILES string of the molecule is O=C(NCc1ccncc1)C1CN(S(=O)(=O)c2ccccc2)CC12CCCCC2. The molecule has 1 saturated carbocycles. The Balaban J connectivity index is 1.55. The molecule has 1 unspecified atom stereocenters. The summed E-state index contributed by atoms with van der Waals surface area (Å²) in [5.41, 5.74) is 0.723. The molecule has 1 aliphatic carbocycles. The summed E-state index contributed by atoms with van der Waals surface area (Å²) in [6.07, 6.45) is 8.46. The lowest BCUT2D eigenvalue weighted by Crippen LogP contribution is -2.42. The number of nitrogens with one attached hydrogen (secondary N) is 1. The van der Waals surface area contributed by atoms with Crippen molar-refractivity contribution in [3.05, 3.63) is 60.4 Å². The van der Waals surface area contributed by atoms with Crippen LogP contribution in [-0.4, -0.2) is 36.7 Å². The van der Waals surface area contributed by atoms with Gasteiger partial charge in [0.1, 0.15) is 0 Å². The molecule has 0 bridgehead atoms. The maximum absolute atomic E-state index is 13.2. The maximum Gasteiger partial charge on any atom is 0.243 e.